The van der Waals surface area contributed by atoms with Gasteiger partial charge in [-0.05, 0) is 43.9 Å². The van der Waals surface area contributed by atoms with Gasteiger partial charge in [0.05, 0.1) is 5.57 Å². The summed E-state index contributed by atoms with van der Waals surface area (Å²) < 4.78 is 0.903. The lowest BCUT2D eigenvalue weighted by Gasteiger charge is -2.07. The lowest BCUT2D eigenvalue weighted by Crippen LogP contribution is -1.99. The van der Waals surface area contributed by atoms with Gasteiger partial charge in [-0.15, -0.1) is 0 Å². The molecule has 0 heterocycles. The third-order valence-electron chi connectivity index (χ3n) is 3.51. The smallest absolute Gasteiger partial charge is 0.336 e. The number of aliphatic carboxylic acids is 1. The van der Waals surface area contributed by atoms with Crippen LogP contribution < -0.4 is 0 Å². The largest absolute Gasteiger partial charge is 0.478 e. The van der Waals surface area contributed by atoms with E-state index in [-0.39, 0.29) is 5.57 Å². The Labute approximate surface area is 136 Å². The maximum Gasteiger partial charge on any atom is 0.336 e. The zero-order valence-electron chi connectivity index (χ0n) is 11.7. The van der Waals surface area contributed by atoms with E-state index < -0.39 is 5.97 Å². The number of hydrogen-bond donors (Lipinski definition) is 1. The molecule has 3 heteroatoms. The zero-order valence-corrected chi connectivity index (χ0v) is 13.2. The van der Waals surface area contributed by atoms with Crippen molar-refractivity contribution < 1.29 is 9.90 Å². The van der Waals surface area contributed by atoms with Crippen LogP contribution in [-0.4, -0.2) is 11.1 Å². The first-order valence-corrected chi connectivity index (χ1v) is 7.64. The van der Waals surface area contributed by atoms with Crippen molar-refractivity contribution in [1.29, 1.82) is 0 Å². The van der Waals surface area contributed by atoms with Gasteiger partial charge in [0.2, 0.25) is 0 Å². The summed E-state index contributed by atoms with van der Waals surface area (Å²) in [6, 6.07) is 21.1. The standard InChI is InChI=1S/C19H13BrO2/c20-18-15(11-10-14-8-4-5-9-16(14)18)12-17(19(21)22)13-6-2-1-3-7-13/h1-12H,(H,21,22)/b17-12-. The van der Waals surface area contributed by atoms with Crippen molar-refractivity contribution in [3.63, 3.8) is 0 Å². The molecule has 22 heavy (non-hydrogen) atoms. The summed E-state index contributed by atoms with van der Waals surface area (Å²) in [5.41, 5.74) is 1.81. The second-order valence-corrected chi connectivity index (χ2v) is 5.71. The summed E-state index contributed by atoms with van der Waals surface area (Å²) in [4.78, 5) is 11.6. The van der Waals surface area contributed by atoms with E-state index >= 15 is 0 Å². The fourth-order valence-corrected chi connectivity index (χ4v) is 3.01. The monoisotopic (exact) mass is 352 g/mol. The van der Waals surface area contributed by atoms with Gasteiger partial charge in [-0.3, -0.25) is 0 Å². The summed E-state index contributed by atoms with van der Waals surface area (Å²) in [6.45, 7) is 0. The molecule has 0 fully saturated rings. The third kappa shape index (κ3) is 2.81. The van der Waals surface area contributed by atoms with Crippen LogP contribution in [0.5, 0.6) is 0 Å². The molecule has 0 atom stereocenters. The third-order valence-corrected chi connectivity index (χ3v) is 4.39. The summed E-state index contributed by atoms with van der Waals surface area (Å²) in [7, 11) is 0. The topological polar surface area (TPSA) is 37.3 Å². The van der Waals surface area contributed by atoms with E-state index in [0.717, 1.165) is 20.8 Å². The molecule has 1 N–H and O–H groups in total. The molecule has 0 aromatic heterocycles. The molecule has 3 aromatic rings. The Morgan fingerprint density at radius 2 is 1.59 bits per heavy atom. The molecule has 2 nitrogen and oxygen atoms in total. The first-order valence-electron chi connectivity index (χ1n) is 6.84. The molecule has 0 aliphatic heterocycles. The second-order valence-electron chi connectivity index (χ2n) is 4.92. The van der Waals surface area contributed by atoms with Crippen molar-refractivity contribution in [2.24, 2.45) is 0 Å². The fraction of sp³-hybridized carbons (Fsp3) is 0. The van der Waals surface area contributed by atoms with Gasteiger partial charge in [-0.25, -0.2) is 4.79 Å². The quantitative estimate of drug-likeness (QED) is 0.517. The van der Waals surface area contributed by atoms with Crippen molar-refractivity contribution in [3.05, 3.63) is 82.3 Å². The second kappa shape index (κ2) is 6.16. The SMILES string of the molecule is O=C(O)/C(=C\c1ccc2ccccc2c1Br)c1ccccc1. The van der Waals surface area contributed by atoms with E-state index in [1.165, 1.54) is 0 Å². The van der Waals surface area contributed by atoms with Crippen molar-refractivity contribution in [2.45, 2.75) is 0 Å². The van der Waals surface area contributed by atoms with Crippen LogP contribution >= 0.6 is 15.9 Å². The molecule has 0 saturated carbocycles. The first-order chi connectivity index (χ1) is 10.7. The highest BCUT2D eigenvalue weighted by Crippen LogP contribution is 2.30. The molecule has 0 aliphatic rings. The minimum Gasteiger partial charge on any atom is -0.478 e. The summed E-state index contributed by atoms with van der Waals surface area (Å²) in [5, 5.41) is 11.7. The van der Waals surface area contributed by atoms with E-state index in [0.29, 0.717) is 5.56 Å². The molecule has 0 amide bonds. The predicted octanol–water partition coefficient (Wildman–Crippen LogP) is 5.23. The number of rotatable bonds is 3. The van der Waals surface area contributed by atoms with E-state index in [2.05, 4.69) is 15.9 Å². The van der Waals surface area contributed by atoms with Crippen LogP contribution in [-0.2, 0) is 4.79 Å². The lowest BCUT2D eigenvalue weighted by atomic mass is 10.0. The van der Waals surface area contributed by atoms with Crippen molar-refractivity contribution in [2.75, 3.05) is 0 Å². The number of carbonyl (C=O) groups is 1. The Kier molecular flexibility index (Phi) is 4.07. The van der Waals surface area contributed by atoms with Crippen LogP contribution in [0.4, 0.5) is 0 Å². The number of benzene rings is 3. The highest BCUT2D eigenvalue weighted by Gasteiger charge is 2.11. The average Bonchev–Trinajstić information content (AvgIpc) is 2.55. The van der Waals surface area contributed by atoms with E-state index in [9.17, 15) is 9.90 Å². The lowest BCUT2D eigenvalue weighted by molar-refractivity contribution is -0.130. The van der Waals surface area contributed by atoms with Crippen LogP contribution in [0, 0.1) is 0 Å². The van der Waals surface area contributed by atoms with Gasteiger partial charge in [-0.2, -0.15) is 0 Å². The number of halogens is 1. The average molecular weight is 353 g/mol. The van der Waals surface area contributed by atoms with Gasteiger partial charge in [-0.1, -0.05) is 66.7 Å². The first kappa shape index (κ1) is 14.5. The molecule has 0 spiro atoms. The molecule has 108 valence electrons. The molecular weight excluding hydrogens is 340 g/mol. The van der Waals surface area contributed by atoms with Gasteiger partial charge < -0.3 is 5.11 Å². The van der Waals surface area contributed by atoms with E-state index in [1.54, 1.807) is 18.2 Å². The number of fused-ring (bicyclic) bond motifs is 1. The Hall–Kier alpha value is -2.39. The van der Waals surface area contributed by atoms with Gasteiger partial charge in [0.1, 0.15) is 0 Å². The minimum atomic E-state index is -0.939. The maximum absolute atomic E-state index is 11.6. The molecule has 3 rings (SSSR count). The van der Waals surface area contributed by atoms with Crippen LogP contribution in [0.1, 0.15) is 11.1 Å². The summed E-state index contributed by atoms with van der Waals surface area (Å²) in [6.07, 6.45) is 1.70. The normalized spacial score (nSPS) is 11.6. The van der Waals surface area contributed by atoms with E-state index in [4.69, 9.17) is 0 Å². The Bertz CT molecular complexity index is 867. The molecule has 0 aliphatic carbocycles. The van der Waals surface area contributed by atoms with Crippen molar-refractivity contribution in [3.8, 4) is 0 Å². The minimum absolute atomic E-state index is 0.275. The van der Waals surface area contributed by atoms with Crippen LogP contribution in [0.2, 0.25) is 0 Å². The molecule has 0 radical (unpaired) electrons. The zero-order chi connectivity index (χ0) is 15.5. The highest BCUT2D eigenvalue weighted by molar-refractivity contribution is 9.10. The number of carboxylic acids is 1. The van der Waals surface area contributed by atoms with Crippen LogP contribution in [0.15, 0.2) is 71.2 Å². The van der Waals surface area contributed by atoms with E-state index in [1.807, 2.05) is 54.6 Å². The van der Waals surface area contributed by atoms with Gasteiger partial charge >= 0.3 is 5.97 Å². The predicted molar refractivity (Wildman–Crippen MR) is 93.6 cm³/mol. The molecular formula is C19H13BrO2. The molecule has 0 saturated heterocycles. The Morgan fingerprint density at radius 1 is 0.909 bits per heavy atom. The summed E-state index contributed by atoms with van der Waals surface area (Å²) >= 11 is 3.59. The molecule has 0 unspecified atom stereocenters. The molecule has 0 bridgehead atoms. The summed E-state index contributed by atoms with van der Waals surface area (Å²) in [5.74, 6) is -0.939. The maximum atomic E-state index is 11.6. The fourth-order valence-electron chi connectivity index (χ4n) is 2.40. The Morgan fingerprint density at radius 3 is 2.32 bits per heavy atom. The molecule has 3 aromatic carbocycles. The van der Waals surface area contributed by atoms with Crippen LogP contribution in [0.25, 0.3) is 22.4 Å². The van der Waals surface area contributed by atoms with Gasteiger partial charge in [0, 0.05) is 4.47 Å². The van der Waals surface area contributed by atoms with Crippen LogP contribution in [0.3, 0.4) is 0 Å². The van der Waals surface area contributed by atoms with Gasteiger partial charge in [0.25, 0.3) is 0 Å². The number of hydrogen-bond acceptors (Lipinski definition) is 1. The van der Waals surface area contributed by atoms with Crippen molar-refractivity contribution >= 4 is 44.3 Å². The van der Waals surface area contributed by atoms with Gasteiger partial charge in [0.15, 0.2) is 0 Å². The Balaban J connectivity index is 2.17. The highest BCUT2D eigenvalue weighted by atomic mass is 79.9. The number of carboxylic acid groups (broad SMARTS) is 1. The van der Waals surface area contributed by atoms with Crippen molar-refractivity contribution in [1.82, 2.24) is 0 Å².